The van der Waals surface area contributed by atoms with E-state index in [4.69, 9.17) is 4.98 Å². The summed E-state index contributed by atoms with van der Waals surface area (Å²) in [5.74, 6) is 1.80. The average Bonchev–Trinajstić information content (AvgIpc) is 3.45. The molecule has 3 nitrogen and oxygen atoms in total. The Balaban J connectivity index is 1.48. The Morgan fingerprint density at radius 3 is 1.82 bits per heavy atom. The van der Waals surface area contributed by atoms with Gasteiger partial charge in [-0.3, -0.25) is 4.57 Å². The lowest BCUT2D eigenvalue weighted by molar-refractivity contribution is 0.590. The molecule has 5 aromatic carbocycles. The number of anilines is 3. The zero-order chi connectivity index (χ0) is 34.6. The summed E-state index contributed by atoms with van der Waals surface area (Å²) in [5.41, 5.74) is 18.1. The maximum Gasteiger partial charge on any atom is 0.252 e. The Bertz CT molecular complexity index is 2230. The van der Waals surface area contributed by atoms with Crippen LogP contribution in [0.25, 0.3) is 28.1 Å². The van der Waals surface area contributed by atoms with Crippen molar-refractivity contribution in [2.75, 3.05) is 4.90 Å². The quantitative estimate of drug-likeness (QED) is 0.178. The number of imidazole rings is 1. The smallest absolute Gasteiger partial charge is 0.252 e. The molecule has 0 amide bonds. The van der Waals surface area contributed by atoms with Crippen LogP contribution < -0.4 is 21.3 Å². The molecule has 0 unspecified atom stereocenters. The van der Waals surface area contributed by atoms with Crippen LogP contribution in [-0.4, -0.2) is 16.3 Å². The summed E-state index contributed by atoms with van der Waals surface area (Å²) < 4.78 is 2.51. The van der Waals surface area contributed by atoms with Crippen molar-refractivity contribution in [1.82, 2.24) is 9.55 Å². The van der Waals surface area contributed by atoms with E-state index in [1.54, 1.807) is 0 Å². The minimum absolute atomic E-state index is 0.0252. The predicted octanol–water partition coefficient (Wildman–Crippen LogP) is 10.1. The van der Waals surface area contributed by atoms with Gasteiger partial charge in [0.05, 0.1) is 11.0 Å². The fraction of sp³-hybridized carbons (Fsp3) is 0.311. The first-order valence-electron chi connectivity index (χ1n) is 18.1. The van der Waals surface area contributed by atoms with E-state index < -0.39 is 0 Å². The summed E-state index contributed by atoms with van der Waals surface area (Å²) in [4.78, 5) is 8.04. The van der Waals surface area contributed by atoms with Gasteiger partial charge in [-0.25, -0.2) is 4.98 Å². The van der Waals surface area contributed by atoms with Crippen LogP contribution in [0.2, 0.25) is 0 Å². The zero-order valence-corrected chi connectivity index (χ0v) is 30.8. The number of para-hydroxylation sites is 1. The number of nitrogens with zero attached hydrogens (tertiary/aromatic N) is 3. The fourth-order valence-corrected chi connectivity index (χ4v) is 8.28. The maximum atomic E-state index is 5.53. The summed E-state index contributed by atoms with van der Waals surface area (Å²) in [6.07, 6.45) is 0. The average molecular weight is 642 g/mol. The number of fused-ring (bicyclic) bond motifs is 4. The summed E-state index contributed by atoms with van der Waals surface area (Å²) in [7, 11) is 0. The van der Waals surface area contributed by atoms with Gasteiger partial charge in [-0.2, -0.15) is 0 Å². The third kappa shape index (κ3) is 4.82. The largest absolute Gasteiger partial charge is 0.311 e. The molecule has 6 aromatic rings. The van der Waals surface area contributed by atoms with E-state index in [9.17, 15) is 0 Å². The SMILES string of the molecule is CC(C)c1cccc(C(C)C)c1-c1nc2cccc3c2n1-c1cccc2c1B3c1cc(C(C)(C)C)ccc1N2c1ccc(C(C)(C)C)cc1. The highest BCUT2D eigenvalue weighted by molar-refractivity contribution is 7.00. The van der Waals surface area contributed by atoms with Crippen molar-refractivity contribution in [1.29, 1.82) is 0 Å². The monoisotopic (exact) mass is 641 g/mol. The van der Waals surface area contributed by atoms with E-state index in [0.717, 1.165) is 11.3 Å². The molecule has 0 aliphatic carbocycles. The molecule has 0 saturated heterocycles. The highest BCUT2D eigenvalue weighted by atomic mass is 15.2. The van der Waals surface area contributed by atoms with Gasteiger partial charge < -0.3 is 4.90 Å². The van der Waals surface area contributed by atoms with Gasteiger partial charge in [-0.15, -0.1) is 0 Å². The Hall–Kier alpha value is -4.57. The fourth-order valence-electron chi connectivity index (χ4n) is 8.28. The topological polar surface area (TPSA) is 21.1 Å². The maximum absolute atomic E-state index is 5.53. The molecule has 0 fully saturated rings. The highest BCUT2D eigenvalue weighted by Gasteiger charge is 2.43. The van der Waals surface area contributed by atoms with E-state index in [1.165, 1.54) is 72.5 Å². The molecule has 3 heterocycles. The molecule has 2 aliphatic heterocycles. The Kier molecular flexibility index (Phi) is 7.09. The molecule has 0 radical (unpaired) electrons. The van der Waals surface area contributed by atoms with Gasteiger partial charge in [0.2, 0.25) is 0 Å². The van der Waals surface area contributed by atoms with Crippen molar-refractivity contribution in [2.24, 2.45) is 0 Å². The Morgan fingerprint density at radius 2 is 1.18 bits per heavy atom. The van der Waals surface area contributed by atoms with Crippen LogP contribution in [0.3, 0.4) is 0 Å². The van der Waals surface area contributed by atoms with Crippen LogP contribution in [0.5, 0.6) is 0 Å². The lowest BCUT2D eigenvalue weighted by Crippen LogP contribution is -2.60. The minimum Gasteiger partial charge on any atom is -0.311 e. The van der Waals surface area contributed by atoms with E-state index in [0.29, 0.717) is 11.8 Å². The molecule has 8 rings (SSSR count). The molecule has 0 bridgehead atoms. The first kappa shape index (κ1) is 31.7. The summed E-state index contributed by atoms with van der Waals surface area (Å²) in [5, 5.41) is 0. The third-order valence-corrected chi connectivity index (χ3v) is 10.9. The van der Waals surface area contributed by atoms with Gasteiger partial charge in [0.1, 0.15) is 5.82 Å². The van der Waals surface area contributed by atoms with E-state index in [2.05, 4.69) is 176 Å². The molecule has 0 saturated carbocycles. The van der Waals surface area contributed by atoms with Crippen LogP contribution >= 0.6 is 0 Å². The molecule has 246 valence electrons. The van der Waals surface area contributed by atoms with E-state index in [-0.39, 0.29) is 17.5 Å². The molecular weight excluding hydrogens is 593 g/mol. The van der Waals surface area contributed by atoms with Crippen LogP contribution in [0.4, 0.5) is 17.1 Å². The minimum atomic E-state index is 0.0252. The molecule has 1 aromatic heterocycles. The van der Waals surface area contributed by atoms with Crippen molar-refractivity contribution >= 4 is 51.2 Å². The van der Waals surface area contributed by atoms with Gasteiger partial charge in [-0.05, 0) is 97.7 Å². The van der Waals surface area contributed by atoms with Gasteiger partial charge >= 0.3 is 0 Å². The number of aromatic nitrogens is 2. The third-order valence-electron chi connectivity index (χ3n) is 10.9. The molecule has 0 spiro atoms. The van der Waals surface area contributed by atoms with Crippen molar-refractivity contribution < 1.29 is 0 Å². The predicted molar refractivity (Wildman–Crippen MR) is 211 cm³/mol. The standard InChI is InChI=1S/C45H48BN3/c1-27(2)32-14-11-15-33(28(3)4)40(32)43-47-36-17-12-16-34-42(36)49(43)39-19-13-18-38-41(39)46(34)35-26-30(45(8,9)10)22-25-37(35)48(38)31-23-20-29(21-24-31)44(5,6)7/h11-28H,1-10H3. The molecule has 2 aliphatic rings. The van der Waals surface area contributed by atoms with Crippen molar-refractivity contribution in [3.63, 3.8) is 0 Å². The second-order valence-corrected chi connectivity index (χ2v) is 16.9. The molecular formula is C45H48BN3. The summed E-state index contributed by atoms with van der Waals surface area (Å²) in [6.45, 7) is 23.1. The first-order chi connectivity index (χ1) is 23.3. The lowest BCUT2D eigenvalue weighted by Gasteiger charge is -2.41. The second kappa shape index (κ2) is 11.0. The van der Waals surface area contributed by atoms with Crippen molar-refractivity contribution in [3.8, 4) is 17.1 Å². The Labute approximate surface area is 293 Å². The molecule has 0 N–H and O–H groups in total. The van der Waals surface area contributed by atoms with Crippen molar-refractivity contribution in [3.05, 3.63) is 119 Å². The highest BCUT2D eigenvalue weighted by Crippen LogP contribution is 2.43. The van der Waals surface area contributed by atoms with Gasteiger partial charge in [0.25, 0.3) is 6.71 Å². The van der Waals surface area contributed by atoms with Gasteiger partial charge in [-0.1, -0.05) is 130 Å². The van der Waals surface area contributed by atoms with Crippen LogP contribution in [-0.2, 0) is 10.8 Å². The van der Waals surface area contributed by atoms with Crippen LogP contribution in [0.15, 0.2) is 97.1 Å². The number of hydrogen-bond acceptors (Lipinski definition) is 2. The molecule has 49 heavy (non-hydrogen) atoms. The number of rotatable bonds is 4. The summed E-state index contributed by atoms with van der Waals surface area (Å²) >= 11 is 0. The first-order valence-corrected chi connectivity index (χ1v) is 18.1. The van der Waals surface area contributed by atoms with Crippen molar-refractivity contribution in [2.45, 2.75) is 91.9 Å². The lowest BCUT2D eigenvalue weighted by atomic mass is 9.33. The zero-order valence-electron chi connectivity index (χ0n) is 30.8. The number of benzene rings is 5. The number of hydrogen-bond donors (Lipinski definition) is 0. The second-order valence-electron chi connectivity index (χ2n) is 16.9. The van der Waals surface area contributed by atoms with E-state index in [1.807, 2.05) is 0 Å². The normalized spacial score (nSPS) is 13.8. The molecule has 0 atom stereocenters. The van der Waals surface area contributed by atoms with Crippen LogP contribution in [0.1, 0.15) is 103 Å². The van der Waals surface area contributed by atoms with Gasteiger partial charge in [0, 0.05) is 28.3 Å². The summed E-state index contributed by atoms with van der Waals surface area (Å²) in [6, 6.07) is 37.0. The van der Waals surface area contributed by atoms with Gasteiger partial charge in [0.15, 0.2) is 0 Å². The van der Waals surface area contributed by atoms with Crippen LogP contribution in [0, 0.1) is 0 Å². The Morgan fingerprint density at radius 1 is 0.592 bits per heavy atom. The van der Waals surface area contributed by atoms with E-state index >= 15 is 0 Å². The molecule has 4 heteroatoms.